The highest BCUT2D eigenvalue weighted by Crippen LogP contribution is 2.12. The Morgan fingerprint density at radius 3 is 2.87 bits per heavy atom. The molecule has 0 aromatic heterocycles. The molecule has 0 spiro atoms. The Bertz CT molecular complexity index is 277. The van der Waals surface area contributed by atoms with E-state index in [1.54, 1.807) is 0 Å². The lowest BCUT2D eigenvalue weighted by Gasteiger charge is -2.22. The SMILES string of the molecule is C[N+](C)(C=C1C=CC=C[CH+]1)CCNC[Si]. The van der Waals surface area contributed by atoms with Crippen LogP contribution in [0.3, 0.4) is 0 Å². The Morgan fingerprint density at radius 1 is 1.47 bits per heavy atom. The maximum atomic E-state index is 3.40. The van der Waals surface area contributed by atoms with Crippen LogP contribution in [0.5, 0.6) is 0 Å². The van der Waals surface area contributed by atoms with E-state index in [4.69, 9.17) is 0 Å². The van der Waals surface area contributed by atoms with Gasteiger partial charge < -0.3 is 5.32 Å². The fraction of sp³-hybridized carbons (Fsp3) is 0.417. The third-order valence-corrected chi connectivity index (χ3v) is 2.54. The van der Waals surface area contributed by atoms with Crippen LogP contribution in [0.4, 0.5) is 0 Å². The van der Waals surface area contributed by atoms with Crippen molar-refractivity contribution in [2.24, 2.45) is 0 Å². The summed E-state index contributed by atoms with van der Waals surface area (Å²) >= 11 is 0. The zero-order valence-electron chi connectivity index (χ0n) is 9.53. The molecule has 79 valence electrons. The normalized spacial score (nSPS) is 18.2. The quantitative estimate of drug-likeness (QED) is 0.315. The molecular formula is C12H19N2Si+2. The molecule has 0 saturated carbocycles. The number of nitrogens with zero attached hydrogens (tertiary/aromatic N) is 1. The second-order valence-corrected chi connectivity index (χ2v) is 4.57. The summed E-state index contributed by atoms with van der Waals surface area (Å²) in [6, 6.07) is 0. The Kier molecular flexibility index (Phi) is 4.88. The van der Waals surface area contributed by atoms with Crippen molar-refractivity contribution in [3.8, 4) is 0 Å². The fourth-order valence-corrected chi connectivity index (χ4v) is 1.64. The van der Waals surface area contributed by atoms with Crippen molar-refractivity contribution >= 4 is 10.2 Å². The number of nitrogens with one attached hydrogen (secondary N) is 1. The van der Waals surface area contributed by atoms with Crippen LogP contribution in [-0.2, 0) is 0 Å². The maximum Gasteiger partial charge on any atom is 0.177 e. The minimum absolute atomic E-state index is 0.853. The van der Waals surface area contributed by atoms with E-state index < -0.39 is 0 Å². The summed E-state index contributed by atoms with van der Waals surface area (Å²) in [5, 5.41) is 3.27. The summed E-state index contributed by atoms with van der Waals surface area (Å²) < 4.78 is 0.892. The first-order chi connectivity index (χ1) is 7.14. The van der Waals surface area contributed by atoms with Crippen molar-refractivity contribution in [3.05, 3.63) is 42.5 Å². The first-order valence-corrected chi connectivity index (χ1v) is 5.94. The molecule has 1 rings (SSSR count). The lowest BCUT2D eigenvalue weighted by atomic mass is 10.1. The average molecular weight is 219 g/mol. The molecule has 0 aromatic rings. The molecule has 0 heterocycles. The van der Waals surface area contributed by atoms with E-state index in [1.165, 1.54) is 5.57 Å². The summed E-state index contributed by atoms with van der Waals surface area (Å²) in [4.78, 5) is 0. The number of allylic oxidation sites excluding steroid dienone is 5. The van der Waals surface area contributed by atoms with Gasteiger partial charge in [0.1, 0.15) is 12.1 Å². The number of likely N-dealkylation sites (N-methyl/N-ethyl adjacent to an activating group) is 1. The molecule has 1 N–H and O–H groups in total. The third-order valence-electron chi connectivity index (χ3n) is 2.29. The highest BCUT2D eigenvalue weighted by Gasteiger charge is 2.17. The maximum absolute atomic E-state index is 3.40. The van der Waals surface area contributed by atoms with Crippen LogP contribution >= 0.6 is 0 Å². The van der Waals surface area contributed by atoms with Gasteiger partial charge in [0.15, 0.2) is 6.20 Å². The molecule has 2 nitrogen and oxygen atoms in total. The molecular weight excluding hydrogens is 200 g/mol. The van der Waals surface area contributed by atoms with E-state index in [9.17, 15) is 0 Å². The Balaban J connectivity index is 2.46. The van der Waals surface area contributed by atoms with Crippen LogP contribution in [0.15, 0.2) is 36.1 Å². The predicted octanol–water partition coefficient (Wildman–Crippen LogP) is 0.993. The molecule has 3 radical (unpaired) electrons. The molecule has 1 aliphatic carbocycles. The average Bonchev–Trinajstić information content (AvgIpc) is 2.18. The van der Waals surface area contributed by atoms with E-state index in [2.05, 4.69) is 60.5 Å². The topological polar surface area (TPSA) is 12.0 Å². The van der Waals surface area contributed by atoms with Crippen LogP contribution < -0.4 is 5.32 Å². The van der Waals surface area contributed by atoms with E-state index in [0.29, 0.717) is 0 Å². The zero-order valence-corrected chi connectivity index (χ0v) is 10.5. The number of hydrogen-bond acceptors (Lipinski definition) is 1. The Morgan fingerprint density at radius 2 is 2.27 bits per heavy atom. The molecule has 0 bridgehead atoms. The lowest BCUT2D eigenvalue weighted by molar-refractivity contribution is -0.837. The van der Waals surface area contributed by atoms with E-state index in [1.807, 2.05) is 6.08 Å². The van der Waals surface area contributed by atoms with Crippen LogP contribution in [0.25, 0.3) is 0 Å². The molecule has 0 unspecified atom stereocenters. The monoisotopic (exact) mass is 219 g/mol. The Labute approximate surface area is 96.4 Å². The van der Waals surface area contributed by atoms with Gasteiger partial charge in [-0.15, -0.1) is 0 Å². The van der Waals surface area contributed by atoms with Gasteiger partial charge in [-0.25, -0.2) is 0 Å². The third kappa shape index (κ3) is 5.02. The largest absolute Gasteiger partial charge is 0.315 e. The fourth-order valence-electron chi connectivity index (χ4n) is 1.46. The van der Waals surface area contributed by atoms with Gasteiger partial charge in [-0.05, 0) is 6.17 Å². The van der Waals surface area contributed by atoms with Crippen LogP contribution in [-0.4, -0.2) is 48.1 Å². The minimum atomic E-state index is 0.853. The Hall–Kier alpha value is -0.773. The molecule has 0 saturated heterocycles. The highest BCUT2D eigenvalue weighted by atomic mass is 28.1. The van der Waals surface area contributed by atoms with Crippen LogP contribution in [0.1, 0.15) is 0 Å². The standard InChI is InChI=1S/C12H19N2Si/c1-14(2,9-8-13-11-15)10-12-6-4-3-5-7-12/h3-7,10,13H,8-9,11H2,1-2H3/q+2. The van der Waals surface area contributed by atoms with Crippen molar-refractivity contribution in [1.82, 2.24) is 5.32 Å². The molecule has 0 amide bonds. The summed E-state index contributed by atoms with van der Waals surface area (Å²) in [6.07, 6.45) is 13.6. The van der Waals surface area contributed by atoms with Crippen molar-refractivity contribution in [1.29, 1.82) is 0 Å². The number of hydrogen-bond donors (Lipinski definition) is 1. The molecule has 0 aromatic carbocycles. The van der Waals surface area contributed by atoms with Gasteiger partial charge >= 0.3 is 0 Å². The second-order valence-electron chi connectivity index (χ2n) is 4.22. The highest BCUT2D eigenvalue weighted by molar-refractivity contribution is 6.08. The number of quaternary nitrogens is 1. The summed E-state index contributed by atoms with van der Waals surface area (Å²) in [5.41, 5.74) is 1.28. The number of rotatable bonds is 5. The van der Waals surface area contributed by atoms with Gasteiger partial charge in [0.25, 0.3) is 0 Å². The van der Waals surface area contributed by atoms with Crippen LogP contribution in [0, 0.1) is 6.42 Å². The van der Waals surface area contributed by atoms with Gasteiger partial charge in [0.2, 0.25) is 0 Å². The molecule has 0 aliphatic heterocycles. The predicted molar refractivity (Wildman–Crippen MR) is 66.3 cm³/mol. The van der Waals surface area contributed by atoms with Crippen molar-refractivity contribution in [3.63, 3.8) is 0 Å². The van der Waals surface area contributed by atoms with Crippen molar-refractivity contribution in [2.45, 2.75) is 0 Å². The van der Waals surface area contributed by atoms with Gasteiger partial charge in [-0.1, -0.05) is 0 Å². The summed E-state index contributed by atoms with van der Waals surface area (Å²) in [5.74, 6) is 0. The second kappa shape index (κ2) is 5.95. The van der Waals surface area contributed by atoms with Crippen molar-refractivity contribution < 1.29 is 4.48 Å². The molecule has 0 fully saturated rings. The van der Waals surface area contributed by atoms with E-state index in [-0.39, 0.29) is 0 Å². The first-order valence-electron chi connectivity index (χ1n) is 5.23. The zero-order chi connectivity index (χ0) is 11.1. The minimum Gasteiger partial charge on any atom is -0.315 e. The lowest BCUT2D eigenvalue weighted by Crippen LogP contribution is -2.40. The van der Waals surface area contributed by atoms with E-state index >= 15 is 0 Å². The van der Waals surface area contributed by atoms with Crippen molar-refractivity contribution in [2.75, 3.05) is 33.4 Å². The first kappa shape index (κ1) is 12.3. The van der Waals surface area contributed by atoms with Gasteiger partial charge in [0.05, 0.1) is 14.1 Å². The molecule has 3 heteroatoms. The summed E-state index contributed by atoms with van der Waals surface area (Å²) in [7, 11) is 7.82. The van der Waals surface area contributed by atoms with Gasteiger partial charge in [-0.2, -0.15) is 0 Å². The van der Waals surface area contributed by atoms with Gasteiger partial charge in [0, 0.05) is 47.5 Å². The molecule has 1 aliphatic rings. The van der Waals surface area contributed by atoms with Gasteiger partial charge in [-0.3, -0.25) is 4.48 Å². The summed E-state index contributed by atoms with van der Waals surface area (Å²) in [6.45, 7) is 2.10. The van der Waals surface area contributed by atoms with E-state index in [0.717, 1.165) is 23.7 Å². The smallest absolute Gasteiger partial charge is 0.177 e. The molecule has 15 heavy (non-hydrogen) atoms. The molecule has 0 atom stereocenters. The van der Waals surface area contributed by atoms with Crippen LogP contribution in [0.2, 0.25) is 0 Å².